The van der Waals surface area contributed by atoms with Gasteiger partial charge in [-0.3, -0.25) is 0 Å². The van der Waals surface area contributed by atoms with Gasteiger partial charge in [-0.2, -0.15) is 20.5 Å². The van der Waals surface area contributed by atoms with E-state index in [1.165, 1.54) is 114 Å². The smallest absolute Gasteiger partial charge is 0.494 e. The second-order valence-corrected chi connectivity index (χ2v) is 40.8. The Hall–Kier alpha value is -6.82. The third-order valence-electron chi connectivity index (χ3n) is 32.6. The Kier molecular flexibility index (Phi) is 30.3. The number of azo groups is 2. The molecule has 0 aliphatic heterocycles. The lowest BCUT2D eigenvalue weighted by Crippen LogP contribution is -2.51. The molecule has 0 aromatic heterocycles. The first kappa shape index (κ1) is 87.5. The third-order valence-corrected chi connectivity index (χ3v) is 32.6. The first-order valence-corrected chi connectivity index (χ1v) is 48.2. The van der Waals surface area contributed by atoms with Crippen LogP contribution in [0.3, 0.4) is 0 Å². The van der Waals surface area contributed by atoms with Crippen LogP contribution in [0.2, 0.25) is 0 Å². The van der Waals surface area contributed by atoms with E-state index in [9.17, 15) is 9.59 Å². The summed E-state index contributed by atoms with van der Waals surface area (Å²) in [6.45, 7) is 27.3. The first-order valence-electron chi connectivity index (χ1n) is 48.2. The molecule has 0 N–H and O–H groups in total. The number of hydrogen-bond acceptors (Lipinski definition) is 12. The zero-order valence-corrected chi connectivity index (χ0v) is 74.5. The molecule has 18 atom stereocenters. The Balaban J connectivity index is 0.457. The summed E-state index contributed by atoms with van der Waals surface area (Å²) in [5.74, 6) is 11.5. The van der Waals surface area contributed by atoms with E-state index >= 15 is 0 Å². The largest absolute Gasteiger partial charge is 0.508 e. The number of allylic oxidation sites excluding steroid dienone is 2. The molecule has 9 aliphatic rings. The fourth-order valence-corrected chi connectivity index (χ4v) is 26.1. The molecule has 0 saturated heterocycles. The summed E-state index contributed by atoms with van der Waals surface area (Å²) in [4.78, 5) is 25.9. The van der Waals surface area contributed by atoms with Gasteiger partial charge in [0.15, 0.2) is 0 Å². The molecule has 0 bridgehead atoms. The van der Waals surface area contributed by atoms with Crippen LogP contribution in [0.1, 0.15) is 329 Å². The SMILES string of the molecule is CC(C)CCC[C@@H](C)[C@H]1CC[C@H]2[C@@H]3CC=C4C[C@@H](OC(=O)OCCCCCCCCCOc5ccc(N=Nc6ccc7ccccc7c6[C@H]6c7ccccc7CC[C@H]6N=Nc6ccc(OCCCCCCCCCOC(=O)O[C@H]7CC[C@@]8(C)C(=CC[C@H]9[C@@H]%10CC[C@H]([C@H](C)CCCC(C)C)[C@@]%10(C)CC[C@@H]98)C7)cc6)cc5)CC[C@]4(C)[C@H]3CC[C@]12C. The van der Waals surface area contributed by atoms with Gasteiger partial charge >= 0.3 is 12.3 Å². The van der Waals surface area contributed by atoms with Crippen molar-refractivity contribution in [3.8, 4) is 11.5 Å². The number of ether oxygens (including phenoxy) is 6. The standard InChI is InChI=1S/C106H150N4O8/c1-73(2)31-29-33-75(5)91-53-55-93-89-51-41-79-71-85(59-63-103(79,7)95(89)61-65-105(91,93)9)117-101(111)115-69-27-19-15-11-13-17-25-67-113-83-47-43-81(44-48-83)107-109-97-57-39-77-35-21-23-37-87(77)99(97)100-88-38-24-22-36-78(88)40-58-98(100)110-108-82-45-49-84(50-46-82)114-68-26-18-14-12-16-20-28-70-116-102(112)118-86-60-64-104(8)80(72-86)42-52-90-94-56-54-92(76(6)34-30-32-74(3)4)106(94,10)66-62-96(90)104/h21-24,35-39,41-50,57,73-76,85-86,89-96,98,100H,11-20,25-34,40,51-56,58-72H2,1-10H3/t75-,76-,85+,86+,89+,90+,91-,92-,93+,94+,95+,96+,98-,100+,103+,104+,105-,106-/m1/s1. The lowest BCUT2D eigenvalue weighted by Gasteiger charge is -2.58. The molecule has 0 radical (unpaired) electrons. The van der Waals surface area contributed by atoms with Gasteiger partial charge < -0.3 is 28.4 Å². The number of aryl methyl sites for hydroxylation is 1. The molecule has 0 heterocycles. The molecule has 6 fully saturated rings. The zero-order chi connectivity index (χ0) is 82.2. The molecule has 6 saturated carbocycles. The second kappa shape index (κ2) is 40.9. The molecule has 9 aliphatic carbocycles. The number of benzene rings is 5. The maximum atomic E-state index is 13.0. The van der Waals surface area contributed by atoms with Crippen molar-refractivity contribution in [1.29, 1.82) is 0 Å². The van der Waals surface area contributed by atoms with Crippen LogP contribution < -0.4 is 9.47 Å². The highest BCUT2D eigenvalue weighted by Crippen LogP contribution is 2.70. The molecular weight excluding hydrogens is 1460 g/mol. The minimum Gasteiger partial charge on any atom is -0.494 e. The van der Waals surface area contributed by atoms with Crippen LogP contribution in [0, 0.1) is 92.7 Å². The summed E-state index contributed by atoms with van der Waals surface area (Å²) in [5, 5.41) is 22.3. The monoisotopic (exact) mass is 1610 g/mol. The highest BCUT2D eigenvalue weighted by molar-refractivity contribution is 5.91. The average Bonchev–Trinajstić information content (AvgIpc) is 1.45. The van der Waals surface area contributed by atoms with Gasteiger partial charge in [0.05, 0.1) is 49.5 Å². The number of hydrogen-bond donors (Lipinski definition) is 0. The van der Waals surface area contributed by atoms with Crippen LogP contribution in [0.25, 0.3) is 10.8 Å². The Bertz CT molecular complexity index is 4180. The summed E-state index contributed by atoms with van der Waals surface area (Å²) in [6, 6.07) is 37.5. The van der Waals surface area contributed by atoms with E-state index < -0.39 is 12.3 Å². The summed E-state index contributed by atoms with van der Waals surface area (Å²) in [7, 11) is 0. The fourth-order valence-electron chi connectivity index (χ4n) is 26.1. The van der Waals surface area contributed by atoms with Gasteiger partial charge in [-0.05, 0) is 303 Å². The van der Waals surface area contributed by atoms with Gasteiger partial charge in [-0.1, -0.05) is 250 Å². The van der Waals surface area contributed by atoms with E-state index in [4.69, 9.17) is 48.9 Å². The van der Waals surface area contributed by atoms with Crippen LogP contribution in [0.5, 0.6) is 11.5 Å². The minimum absolute atomic E-state index is 0.0701. The lowest BCUT2D eigenvalue weighted by molar-refractivity contribution is -0.0617. The van der Waals surface area contributed by atoms with Crippen LogP contribution in [0.15, 0.2) is 153 Å². The van der Waals surface area contributed by atoms with Crippen molar-refractivity contribution in [1.82, 2.24) is 0 Å². The molecule has 0 spiro atoms. The Labute approximate surface area is 711 Å². The maximum absolute atomic E-state index is 13.0. The van der Waals surface area contributed by atoms with Crippen molar-refractivity contribution < 1.29 is 38.0 Å². The van der Waals surface area contributed by atoms with Gasteiger partial charge in [-0.25, -0.2) is 9.59 Å². The number of rotatable bonds is 39. The molecular formula is C106H150N4O8. The number of carbonyl (C=O) groups is 2. The molecule has 0 amide bonds. The maximum Gasteiger partial charge on any atom is 0.508 e. The van der Waals surface area contributed by atoms with Gasteiger partial charge in [0, 0.05) is 18.8 Å². The fraction of sp³-hybridized carbons (Fsp3) is 0.679. The normalized spacial score (nSPS) is 30.1. The van der Waals surface area contributed by atoms with Crippen molar-refractivity contribution in [3.63, 3.8) is 0 Å². The second-order valence-electron chi connectivity index (χ2n) is 40.8. The summed E-state index contributed by atoms with van der Waals surface area (Å²) < 4.78 is 35.8. The molecule has 12 heteroatoms. The molecule has 642 valence electrons. The Morgan fingerprint density at radius 2 is 0.898 bits per heavy atom. The molecule has 0 unspecified atom stereocenters. The summed E-state index contributed by atoms with van der Waals surface area (Å²) in [5.41, 5.74) is 10.7. The average molecular weight is 1610 g/mol. The highest BCUT2D eigenvalue weighted by Gasteiger charge is 2.61. The van der Waals surface area contributed by atoms with Crippen LogP contribution in [0.4, 0.5) is 26.7 Å². The Morgan fingerprint density at radius 3 is 1.41 bits per heavy atom. The van der Waals surface area contributed by atoms with Crippen molar-refractivity contribution in [2.45, 2.75) is 337 Å². The number of carbonyl (C=O) groups excluding carboxylic acids is 2. The van der Waals surface area contributed by atoms with E-state index in [2.05, 4.69) is 142 Å². The van der Waals surface area contributed by atoms with Gasteiger partial charge in [0.1, 0.15) is 23.7 Å². The number of unbranched alkanes of at least 4 members (excludes halogenated alkanes) is 12. The minimum atomic E-state index is -0.482. The summed E-state index contributed by atoms with van der Waals surface area (Å²) >= 11 is 0. The molecule has 12 nitrogen and oxygen atoms in total. The summed E-state index contributed by atoms with van der Waals surface area (Å²) in [6.07, 6.45) is 48.6. The van der Waals surface area contributed by atoms with Crippen molar-refractivity contribution in [3.05, 3.63) is 149 Å². The predicted octanol–water partition coefficient (Wildman–Crippen LogP) is 30.8. The molecule has 5 aromatic rings. The molecule has 5 aromatic carbocycles. The van der Waals surface area contributed by atoms with E-state index in [1.54, 1.807) is 11.1 Å². The van der Waals surface area contributed by atoms with Crippen molar-refractivity contribution >= 4 is 40.1 Å². The quantitative estimate of drug-likeness (QED) is 0.0164. The van der Waals surface area contributed by atoms with Crippen molar-refractivity contribution in [2.75, 3.05) is 26.4 Å². The van der Waals surface area contributed by atoms with Crippen molar-refractivity contribution in [2.24, 2.45) is 113 Å². The van der Waals surface area contributed by atoms with E-state index in [1.807, 2.05) is 48.5 Å². The Morgan fingerprint density at radius 1 is 0.432 bits per heavy atom. The molecule has 118 heavy (non-hydrogen) atoms. The topological polar surface area (TPSA) is 139 Å². The number of fused-ring (bicyclic) bond motifs is 12. The van der Waals surface area contributed by atoms with Crippen LogP contribution in [-0.2, 0) is 25.4 Å². The molecule has 14 rings (SSSR count). The van der Waals surface area contributed by atoms with E-state index in [0.29, 0.717) is 37.3 Å². The van der Waals surface area contributed by atoms with Crippen LogP contribution in [-0.4, -0.2) is 57.0 Å². The number of nitrogens with zero attached hydrogens (tertiary/aromatic N) is 4. The lowest BCUT2D eigenvalue weighted by atomic mass is 9.47. The zero-order valence-electron chi connectivity index (χ0n) is 74.5. The van der Waals surface area contributed by atoms with Gasteiger partial charge in [-0.15, -0.1) is 0 Å². The van der Waals surface area contributed by atoms with Crippen LogP contribution >= 0.6 is 0 Å². The van der Waals surface area contributed by atoms with Gasteiger partial charge in [0.25, 0.3) is 0 Å². The highest BCUT2D eigenvalue weighted by atomic mass is 16.7. The van der Waals surface area contributed by atoms with E-state index in [-0.39, 0.29) is 35.0 Å². The predicted molar refractivity (Wildman–Crippen MR) is 480 cm³/mol. The van der Waals surface area contributed by atoms with E-state index in [0.717, 1.165) is 257 Å². The van der Waals surface area contributed by atoms with Gasteiger partial charge in [0.2, 0.25) is 0 Å². The first-order chi connectivity index (χ1) is 57.3. The third kappa shape index (κ3) is 20.9.